The van der Waals surface area contributed by atoms with Crippen LogP contribution in [0.1, 0.15) is 0 Å². The Kier molecular flexibility index (Phi) is 2.99. The third kappa shape index (κ3) is 2.22. The molecule has 0 unspecified atom stereocenters. The maximum absolute atomic E-state index is 4.39. The van der Waals surface area contributed by atoms with Crippen molar-refractivity contribution in [1.29, 1.82) is 0 Å². The third-order valence-corrected chi connectivity index (χ3v) is 2.69. The Hall–Kier alpha value is -0.670. The Balaban J connectivity index is 2.52. The highest BCUT2D eigenvalue weighted by molar-refractivity contribution is 9.11. The molecule has 1 nitrogen and oxygen atoms in total. The number of halogens is 2. The lowest BCUT2D eigenvalue weighted by Gasteiger charge is -2.01. The average molecular weight is 313 g/mol. The minimum Gasteiger partial charge on any atom is -0.241 e. The Morgan fingerprint density at radius 3 is 2.29 bits per heavy atom. The quantitative estimate of drug-likeness (QED) is 0.716. The molecule has 0 radical (unpaired) electrons. The highest BCUT2D eigenvalue weighted by atomic mass is 79.9. The van der Waals surface area contributed by atoms with E-state index in [2.05, 4.69) is 36.8 Å². The van der Waals surface area contributed by atoms with E-state index < -0.39 is 0 Å². The molecule has 1 aromatic heterocycles. The van der Waals surface area contributed by atoms with Gasteiger partial charge in [-0.3, -0.25) is 0 Å². The highest BCUT2D eigenvalue weighted by Gasteiger charge is 2.00. The smallest absolute Gasteiger partial charge is 0.107 e. The molecule has 1 aromatic carbocycles. The van der Waals surface area contributed by atoms with Gasteiger partial charge in [0.2, 0.25) is 0 Å². The van der Waals surface area contributed by atoms with Crippen LogP contribution in [0.4, 0.5) is 0 Å². The lowest BCUT2D eigenvalue weighted by atomic mass is 10.1. The van der Waals surface area contributed by atoms with Crippen molar-refractivity contribution in [2.75, 3.05) is 0 Å². The normalized spacial score (nSPS) is 10.1. The molecule has 70 valence electrons. The van der Waals surface area contributed by atoms with Crippen LogP contribution in [0.3, 0.4) is 0 Å². The maximum Gasteiger partial charge on any atom is 0.107 e. The van der Waals surface area contributed by atoms with Crippen LogP contribution in [0, 0.1) is 0 Å². The van der Waals surface area contributed by atoms with Gasteiger partial charge in [-0.15, -0.1) is 0 Å². The summed E-state index contributed by atoms with van der Waals surface area (Å²) in [6, 6.07) is 14.0. The van der Waals surface area contributed by atoms with E-state index in [0.29, 0.717) is 0 Å². The van der Waals surface area contributed by atoms with Crippen LogP contribution in [0.25, 0.3) is 11.3 Å². The molecule has 0 spiro atoms. The van der Waals surface area contributed by atoms with E-state index in [4.69, 9.17) is 0 Å². The van der Waals surface area contributed by atoms with Crippen LogP contribution < -0.4 is 0 Å². The molecule has 1 heterocycles. The van der Waals surface area contributed by atoms with Crippen LogP contribution in [0.5, 0.6) is 0 Å². The van der Waals surface area contributed by atoms with Crippen molar-refractivity contribution in [3.8, 4) is 11.3 Å². The molecule has 0 saturated heterocycles. The second kappa shape index (κ2) is 4.24. The minimum atomic E-state index is 0.839. The molecule has 0 amide bonds. The van der Waals surface area contributed by atoms with Gasteiger partial charge in [0.25, 0.3) is 0 Å². The van der Waals surface area contributed by atoms with Gasteiger partial charge in [-0.2, -0.15) is 0 Å². The van der Waals surface area contributed by atoms with E-state index in [-0.39, 0.29) is 0 Å². The third-order valence-electron chi connectivity index (χ3n) is 1.83. The van der Waals surface area contributed by atoms with Gasteiger partial charge in [-0.1, -0.05) is 46.3 Å². The van der Waals surface area contributed by atoms with Gasteiger partial charge in [0.05, 0.1) is 5.69 Å². The van der Waals surface area contributed by atoms with Gasteiger partial charge in [0.1, 0.15) is 4.60 Å². The lowest BCUT2D eigenvalue weighted by Crippen LogP contribution is -1.83. The van der Waals surface area contributed by atoms with E-state index in [1.807, 2.05) is 42.5 Å². The molecular formula is C11H7Br2N. The van der Waals surface area contributed by atoms with E-state index >= 15 is 0 Å². The van der Waals surface area contributed by atoms with E-state index in [9.17, 15) is 0 Å². The van der Waals surface area contributed by atoms with Crippen molar-refractivity contribution in [1.82, 2.24) is 4.98 Å². The van der Waals surface area contributed by atoms with Crippen LogP contribution in [0.15, 0.2) is 51.5 Å². The van der Waals surface area contributed by atoms with Crippen molar-refractivity contribution in [2.24, 2.45) is 0 Å². The maximum atomic E-state index is 4.39. The Bertz CT molecular complexity index is 420. The van der Waals surface area contributed by atoms with Gasteiger partial charge in [-0.25, -0.2) is 4.98 Å². The number of hydrogen-bond donors (Lipinski definition) is 0. The van der Waals surface area contributed by atoms with E-state index in [1.165, 1.54) is 0 Å². The number of hydrogen-bond acceptors (Lipinski definition) is 1. The molecule has 0 atom stereocenters. The first-order valence-electron chi connectivity index (χ1n) is 4.14. The van der Waals surface area contributed by atoms with Crippen molar-refractivity contribution in [3.05, 3.63) is 51.5 Å². The fraction of sp³-hybridized carbons (Fsp3) is 0. The summed E-state index contributed by atoms with van der Waals surface area (Å²) in [4.78, 5) is 4.39. The molecule has 0 N–H and O–H groups in total. The summed E-state index contributed by atoms with van der Waals surface area (Å²) >= 11 is 6.81. The Labute approximate surface area is 99.4 Å². The van der Waals surface area contributed by atoms with E-state index in [0.717, 1.165) is 20.3 Å². The molecule has 2 aromatic rings. The van der Waals surface area contributed by atoms with Gasteiger partial charge >= 0.3 is 0 Å². The van der Waals surface area contributed by atoms with Gasteiger partial charge < -0.3 is 0 Å². The second-order valence-corrected chi connectivity index (χ2v) is 4.59. The predicted molar refractivity (Wildman–Crippen MR) is 65.1 cm³/mol. The van der Waals surface area contributed by atoms with E-state index in [1.54, 1.807) is 0 Å². The second-order valence-electron chi connectivity index (χ2n) is 2.86. The van der Waals surface area contributed by atoms with Gasteiger partial charge in [0.15, 0.2) is 0 Å². The summed E-state index contributed by atoms with van der Waals surface area (Å²) in [7, 11) is 0. The zero-order valence-corrected chi connectivity index (χ0v) is 10.4. The zero-order chi connectivity index (χ0) is 9.97. The minimum absolute atomic E-state index is 0.839. The standard InChI is InChI=1S/C11H7Br2N/c12-9-6-10(14-11(13)7-9)8-4-2-1-3-5-8/h1-7H. The topological polar surface area (TPSA) is 12.9 Å². The fourth-order valence-corrected chi connectivity index (χ4v) is 2.40. The van der Waals surface area contributed by atoms with Crippen molar-refractivity contribution < 1.29 is 0 Å². The van der Waals surface area contributed by atoms with Gasteiger partial charge in [0, 0.05) is 10.0 Å². The first kappa shape index (κ1) is 9.87. The van der Waals surface area contributed by atoms with Crippen molar-refractivity contribution in [2.45, 2.75) is 0 Å². The molecule has 0 saturated carbocycles. The first-order chi connectivity index (χ1) is 6.75. The number of benzene rings is 1. The van der Waals surface area contributed by atoms with Crippen molar-refractivity contribution >= 4 is 31.9 Å². The number of pyridine rings is 1. The average Bonchev–Trinajstić information content (AvgIpc) is 2.18. The molecular weight excluding hydrogens is 306 g/mol. The summed E-state index contributed by atoms with van der Waals surface area (Å²) in [5.74, 6) is 0. The van der Waals surface area contributed by atoms with Gasteiger partial charge in [-0.05, 0) is 28.1 Å². The largest absolute Gasteiger partial charge is 0.241 e. The highest BCUT2D eigenvalue weighted by Crippen LogP contribution is 2.23. The summed E-state index contributed by atoms with van der Waals surface area (Å²) in [6.07, 6.45) is 0. The van der Waals surface area contributed by atoms with Crippen LogP contribution in [-0.4, -0.2) is 4.98 Å². The molecule has 0 bridgehead atoms. The number of rotatable bonds is 1. The molecule has 14 heavy (non-hydrogen) atoms. The molecule has 0 aliphatic rings. The summed E-state index contributed by atoms with van der Waals surface area (Å²) in [6.45, 7) is 0. The first-order valence-corrected chi connectivity index (χ1v) is 5.73. The zero-order valence-electron chi connectivity index (χ0n) is 7.24. The summed E-state index contributed by atoms with van der Waals surface area (Å²) < 4.78 is 1.86. The number of nitrogens with zero attached hydrogens (tertiary/aromatic N) is 1. The molecule has 0 aliphatic heterocycles. The molecule has 3 heteroatoms. The molecule has 0 fully saturated rings. The Morgan fingerprint density at radius 2 is 1.64 bits per heavy atom. The van der Waals surface area contributed by atoms with Crippen LogP contribution in [-0.2, 0) is 0 Å². The van der Waals surface area contributed by atoms with Crippen molar-refractivity contribution in [3.63, 3.8) is 0 Å². The summed E-state index contributed by atoms with van der Waals surface area (Å²) in [5, 5.41) is 0. The monoisotopic (exact) mass is 311 g/mol. The Morgan fingerprint density at radius 1 is 0.929 bits per heavy atom. The van der Waals surface area contributed by atoms with Crippen LogP contribution in [0.2, 0.25) is 0 Å². The lowest BCUT2D eigenvalue weighted by molar-refractivity contribution is 1.27. The number of aromatic nitrogens is 1. The van der Waals surface area contributed by atoms with Crippen LogP contribution >= 0.6 is 31.9 Å². The molecule has 2 rings (SSSR count). The predicted octanol–water partition coefficient (Wildman–Crippen LogP) is 4.27. The summed E-state index contributed by atoms with van der Waals surface area (Å²) in [5.41, 5.74) is 2.08. The SMILES string of the molecule is Brc1cc(Br)nc(-c2ccccc2)c1. The molecule has 0 aliphatic carbocycles. The fourth-order valence-electron chi connectivity index (χ4n) is 1.22.